The molecule has 3 heteroatoms. The molecule has 2 nitrogen and oxygen atoms in total. The van der Waals surface area contributed by atoms with E-state index in [1.807, 2.05) is 0 Å². The van der Waals surface area contributed by atoms with Gasteiger partial charge >= 0.3 is 0 Å². The predicted molar refractivity (Wildman–Crippen MR) is 63.0 cm³/mol. The summed E-state index contributed by atoms with van der Waals surface area (Å²) in [5.41, 5.74) is 5.49. The largest absolute Gasteiger partial charge is 0.393 e. The molecule has 1 atom stereocenters. The van der Waals surface area contributed by atoms with E-state index in [0.717, 1.165) is 13.0 Å². The van der Waals surface area contributed by atoms with Crippen LogP contribution in [0.3, 0.4) is 0 Å². The first-order chi connectivity index (χ1) is 6.07. The topological polar surface area (TPSA) is 29.3 Å². The Kier molecular flexibility index (Phi) is 7.19. The highest BCUT2D eigenvalue weighted by Gasteiger charge is 2.08. The average Bonchev–Trinajstić information content (AvgIpc) is 2.03. The second-order valence-electron chi connectivity index (χ2n) is 3.71. The quantitative estimate of drug-likeness (QED) is 0.507. The number of thiocarbonyl (C=S) groups is 1. The van der Waals surface area contributed by atoms with Crippen molar-refractivity contribution in [2.75, 3.05) is 13.6 Å². The predicted octanol–water partition coefficient (Wildman–Crippen LogP) is 2.17. The van der Waals surface area contributed by atoms with Crippen LogP contribution in [0, 0.1) is 0 Å². The third kappa shape index (κ3) is 6.96. The van der Waals surface area contributed by atoms with Crippen molar-refractivity contribution >= 4 is 17.2 Å². The maximum absolute atomic E-state index is 5.49. The summed E-state index contributed by atoms with van der Waals surface area (Å²) in [6, 6.07) is 0.481. The Morgan fingerprint density at radius 3 is 2.54 bits per heavy atom. The fraction of sp³-hybridized carbons (Fsp3) is 0.900. The van der Waals surface area contributed by atoms with Crippen molar-refractivity contribution in [2.24, 2.45) is 5.73 Å². The summed E-state index contributed by atoms with van der Waals surface area (Å²) < 4.78 is 0. The minimum Gasteiger partial charge on any atom is -0.393 e. The van der Waals surface area contributed by atoms with Crippen LogP contribution in [0.4, 0.5) is 0 Å². The molecule has 0 fully saturated rings. The minimum absolute atomic E-state index is 0.481. The smallest absolute Gasteiger partial charge is 0.0742 e. The molecule has 0 bridgehead atoms. The zero-order valence-corrected chi connectivity index (χ0v) is 9.86. The van der Waals surface area contributed by atoms with E-state index in [9.17, 15) is 0 Å². The summed E-state index contributed by atoms with van der Waals surface area (Å²) in [6.45, 7) is 5.54. The molecule has 0 rings (SSSR count). The summed E-state index contributed by atoms with van der Waals surface area (Å²) in [5, 5.41) is 0. The van der Waals surface area contributed by atoms with E-state index < -0.39 is 0 Å². The number of nitrogens with zero attached hydrogens (tertiary/aromatic N) is 1. The van der Waals surface area contributed by atoms with Gasteiger partial charge in [0.1, 0.15) is 0 Å². The van der Waals surface area contributed by atoms with Crippen molar-refractivity contribution < 1.29 is 0 Å². The zero-order chi connectivity index (χ0) is 10.3. The first-order valence-corrected chi connectivity index (χ1v) is 5.47. The van der Waals surface area contributed by atoms with E-state index in [2.05, 4.69) is 25.8 Å². The van der Waals surface area contributed by atoms with Gasteiger partial charge in [-0.3, -0.25) is 0 Å². The summed E-state index contributed by atoms with van der Waals surface area (Å²) >= 11 is 4.88. The summed E-state index contributed by atoms with van der Waals surface area (Å²) in [6.07, 6.45) is 4.69. The SMILES string of the molecule is CCCCCN(C)C(C)CC(N)=S. The number of rotatable bonds is 7. The minimum atomic E-state index is 0.481. The highest BCUT2D eigenvalue weighted by molar-refractivity contribution is 7.80. The summed E-state index contributed by atoms with van der Waals surface area (Å²) in [7, 11) is 2.14. The fourth-order valence-electron chi connectivity index (χ4n) is 1.28. The van der Waals surface area contributed by atoms with E-state index in [1.165, 1.54) is 19.3 Å². The van der Waals surface area contributed by atoms with Gasteiger partial charge in [-0.25, -0.2) is 0 Å². The van der Waals surface area contributed by atoms with Gasteiger partial charge in [-0.05, 0) is 26.9 Å². The first-order valence-electron chi connectivity index (χ1n) is 5.06. The molecule has 0 heterocycles. The maximum Gasteiger partial charge on any atom is 0.0742 e. The monoisotopic (exact) mass is 202 g/mol. The van der Waals surface area contributed by atoms with Crippen LogP contribution in [-0.2, 0) is 0 Å². The molecule has 0 aliphatic carbocycles. The molecule has 1 unspecified atom stereocenters. The molecule has 0 aromatic carbocycles. The standard InChI is InChI=1S/C10H22N2S/c1-4-5-6-7-12(3)9(2)8-10(11)13/h9H,4-8H2,1-3H3,(H2,11,13). The molecule has 0 aliphatic rings. The number of hydrogen-bond acceptors (Lipinski definition) is 2. The van der Waals surface area contributed by atoms with E-state index in [0.29, 0.717) is 11.0 Å². The number of nitrogens with two attached hydrogens (primary N) is 1. The normalized spacial score (nSPS) is 13.2. The molecule has 13 heavy (non-hydrogen) atoms. The van der Waals surface area contributed by atoms with Crippen LogP contribution in [0.5, 0.6) is 0 Å². The van der Waals surface area contributed by atoms with Crippen LogP contribution in [-0.4, -0.2) is 29.5 Å². The van der Waals surface area contributed by atoms with Gasteiger partial charge in [-0.2, -0.15) is 0 Å². The number of unbranched alkanes of at least 4 members (excludes halogenated alkanes) is 2. The summed E-state index contributed by atoms with van der Waals surface area (Å²) in [4.78, 5) is 2.95. The van der Waals surface area contributed by atoms with Crippen molar-refractivity contribution in [3.05, 3.63) is 0 Å². The molecule has 0 aliphatic heterocycles. The van der Waals surface area contributed by atoms with Crippen LogP contribution in [0.2, 0.25) is 0 Å². The molecule has 0 saturated heterocycles. The van der Waals surface area contributed by atoms with Crippen molar-refractivity contribution in [3.8, 4) is 0 Å². The van der Waals surface area contributed by atoms with E-state index in [1.54, 1.807) is 0 Å². The van der Waals surface area contributed by atoms with Gasteiger partial charge in [-0.15, -0.1) is 0 Å². The summed E-state index contributed by atoms with van der Waals surface area (Å²) in [5.74, 6) is 0. The fourth-order valence-corrected chi connectivity index (χ4v) is 1.52. The average molecular weight is 202 g/mol. The molecular formula is C10H22N2S. The lowest BCUT2D eigenvalue weighted by molar-refractivity contribution is 0.258. The van der Waals surface area contributed by atoms with Crippen molar-refractivity contribution in [3.63, 3.8) is 0 Å². The van der Waals surface area contributed by atoms with Crippen LogP contribution in [0.1, 0.15) is 39.5 Å². The molecule has 0 spiro atoms. The molecule has 0 aromatic rings. The van der Waals surface area contributed by atoms with Crippen LogP contribution in [0.15, 0.2) is 0 Å². The van der Waals surface area contributed by atoms with Gasteiger partial charge in [0.15, 0.2) is 0 Å². The molecule has 78 valence electrons. The van der Waals surface area contributed by atoms with Crippen LogP contribution in [0.25, 0.3) is 0 Å². The number of hydrogen-bond donors (Lipinski definition) is 1. The maximum atomic E-state index is 5.49. The lowest BCUT2D eigenvalue weighted by Gasteiger charge is -2.24. The molecule has 0 radical (unpaired) electrons. The lowest BCUT2D eigenvalue weighted by Crippen LogP contribution is -2.33. The van der Waals surface area contributed by atoms with E-state index in [-0.39, 0.29) is 0 Å². The van der Waals surface area contributed by atoms with Crippen molar-refractivity contribution in [1.29, 1.82) is 0 Å². The van der Waals surface area contributed by atoms with Crippen molar-refractivity contribution in [1.82, 2.24) is 4.90 Å². The van der Waals surface area contributed by atoms with Gasteiger partial charge in [0.25, 0.3) is 0 Å². The highest BCUT2D eigenvalue weighted by atomic mass is 32.1. The Morgan fingerprint density at radius 2 is 2.08 bits per heavy atom. The van der Waals surface area contributed by atoms with E-state index >= 15 is 0 Å². The highest BCUT2D eigenvalue weighted by Crippen LogP contribution is 2.04. The molecule has 2 N–H and O–H groups in total. The third-order valence-electron chi connectivity index (χ3n) is 2.36. The van der Waals surface area contributed by atoms with Gasteiger partial charge in [0.05, 0.1) is 4.99 Å². The van der Waals surface area contributed by atoms with Crippen LogP contribution >= 0.6 is 12.2 Å². The molecular weight excluding hydrogens is 180 g/mol. The lowest BCUT2D eigenvalue weighted by atomic mass is 10.2. The second kappa shape index (κ2) is 7.27. The first kappa shape index (κ1) is 12.8. The molecule has 0 amide bonds. The zero-order valence-electron chi connectivity index (χ0n) is 9.05. The molecule has 0 saturated carbocycles. The van der Waals surface area contributed by atoms with Gasteiger partial charge in [0.2, 0.25) is 0 Å². The third-order valence-corrected chi connectivity index (χ3v) is 2.53. The Labute approximate surface area is 87.5 Å². The van der Waals surface area contributed by atoms with Crippen molar-refractivity contribution in [2.45, 2.75) is 45.6 Å². The van der Waals surface area contributed by atoms with Gasteiger partial charge in [-0.1, -0.05) is 32.0 Å². The molecule has 0 aromatic heterocycles. The van der Waals surface area contributed by atoms with E-state index in [4.69, 9.17) is 18.0 Å². The Morgan fingerprint density at radius 1 is 1.46 bits per heavy atom. The van der Waals surface area contributed by atoms with Gasteiger partial charge in [0, 0.05) is 12.5 Å². The Hall–Kier alpha value is -0.150. The van der Waals surface area contributed by atoms with Crippen LogP contribution < -0.4 is 5.73 Å². The second-order valence-corrected chi connectivity index (χ2v) is 4.23. The Balaban J connectivity index is 3.56. The van der Waals surface area contributed by atoms with Gasteiger partial charge < -0.3 is 10.6 Å². The Bertz CT molecular complexity index is 148.